The summed E-state index contributed by atoms with van der Waals surface area (Å²) < 4.78 is 11.6. The Morgan fingerprint density at radius 1 is 1.21 bits per heavy atom. The number of halogens is 2. The molecule has 3 aliphatic rings. The van der Waals surface area contributed by atoms with Crippen molar-refractivity contribution in [3.8, 4) is 5.88 Å². The summed E-state index contributed by atoms with van der Waals surface area (Å²) in [5.74, 6) is 1.66. The molecule has 2 bridgehead atoms. The summed E-state index contributed by atoms with van der Waals surface area (Å²) in [7, 11) is 1.59. The fourth-order valence-electron chi connectivity index (χ4n) is 5.15. The molecule has 1 amide bonds. The van der Waals surface area contributed by atoms with Gasteiger partial charge in [0.05, 0.1) is 42.1 Å². The minimum atomic E-state index is -0.294. The van der Waals surface area contributed by atoms with Gasteiger partial charge in [-0.1, -0.05) is 30.1 Å². The average molecular weight is 420 g/mol. The van der Waals surface area contributed by atoms with Gasteiger partial charge in [0.25, 0.3) is 0 Å². The SMILES string of the molecule is COc1cc([C@@H]2[C@H](C(=O)Nc3cnc(Cl)c(Cl)c3)[C@@H]3O[C@H]2C2C3[C@@H]2C)ccn1. The Kier molecular flexibility index (Phi) is 4.27. The van der Waals surface area contributed by atoms with E-state index in [0.717, 1.165) is 5.56 Å². The zero-order valence-corrected chi connectivity index (χ0v) is 16.8. The molecule has 4 heterocycles. The first kappa shape index (κ1) is 18.2. The molecule has 146 valence electrons. The number of hydrogen-bond donors (Lipinski definition) is 1. The first-order valence-corrected chi connectivity index (χ1v) is 10.0. The molecule has 2 unspecified atom stereocenters. The molecule has 8 heteroatoms. The number of methoxy groups -OCH3 is 1. The lowest BCUT2D eigenvalue weighted by atomic mass is 9.75. The lowest BCUT2D eigenvalue weighted by Crippen LogP contribution is -2.37. The molecule has 0 aromatic carbocycles. The van der Waals surface area contributed by atoms with Crippen molar-refractivity contribution in [2.24, 2.45) is 23.7 Å². The van der Waals surface area contributed by atoms with Crippen molar-refractivity contribution >= 4 is 34.8 Å². The molecular formula is C20H19Cl2N3O3. The fourth-order valence-corrected chi connectivity index (χ4v) is 5.42. The van der Waals surface area contributed by atoms with Gasteiger partial charge in [0.2, 0.25) is 11.8 Å². The Labute approximate surface area is 172 Å². The van der Waals surface area contributed by atoms with Gasteiger partial charge in [-0.25, -0.2) is 9.97 Å². The highest BCUT2D eigenvalue weighted by atomic mass is 35.5. The molecule has 5 rings (SSSR count). The summed E-state index contributed by atoms with van der Waals surface area (Å²) in [6, 6.07) is 5.45. The van der Waals surface area contributed by atoms with Crippen LogP contribution in [-0.4, -0.2) is 35.2 Å². The van der Waals surface area contributed by atoms with Gasteiger partial charge in [-0.3, -0.25) is 4.79 Å². The third kappa shape index (κ3) is 2.70. The number of rotatable bonds is 4. The van der Waals surface area contributed by atoms with Crippen molar-refractivity contribution in [2.75, 3.05) is 12.4 Å². The summed E-state index contributed by atoms with van der Waals surface area (Å²) in [5.41, 5.74) is 1.54. The molecule has 2 aliphatic heterocycles. The van der Waals surface area contributed by atoms with E-state index in [0.29, 0.717) is 34.3 Å². The highest BCUT2D eigenvalue weighted by molar-refractivity contribution is 6.41. The van der Waals surface area contributed by atoms with Crippen LogP contribution in [0.15, 0.2) is 30.6 Å². The van der Waals surface area contributed by atoms with Gasteiger partial charge in [-0.05, 0) is 35.4 Å². The molecule has 2 aromatic heterocycles. The Morgan fingerprint density at radius 3 is 2.75 bits per heavy atom. The van der Waals surface area contributed by atoms with E-state index >= 15 is 0 Å². The van der Waals surface area contributed by atoms with Crippen molar-refractivity contribution < 1.29 is 14.3 Å². The summed E-state index contributed by atoms with van der Waals surface area (Å²) >= 11 is 11.9. The fraction of sp³-hybridized carbons (Fsp3) is 0.450. The van der Waals surface area contributed by atoms with E-state index < -0.39 is 0 Å². The molecule has 3 fully saturated rings. The first-order chi connectivity index (χ1) is 13.5. The Morgan fingerprint density at radius 2 is 2.00 bits per heavy atom. The molecule has 1 N–H and O–H groups in total. The molecule has 6 nitrogen and oxygen atoms in total. The van der Waals surface area contributed by atoms with Crippen LogP contribution in [0, 0.1) is 23.7 Å². The number of pyridine rings is 2. The summed E-state index contributed by atoms with van der Waals surface area (Å²) in [6.07, 6.45) is 3.18. The lowest BCUT2D eigenvalue weighted by Gasteiger charge is -2.27. The molecule has 7 atom stereocenters. The predicted octanol–water partition coefficient (Wildman–Crippen LogP) is 3.79. The molecular weight excluding hydrogens is 401 g/mol. The van der Waals surface area contributed by atoms with E-state index in [-0.39, 0.29) is 35.1 Å². The Hall–Kier alpha value is -1.89. The standard InChI is InChI=1S/C20H19Cl2N3O3/c1-8-13-14(8)18-16(20(26)25-10-6-11(21)19(22)24-7-10)15(17(13)28-18)9-3-4-23-12(5-9)27-2/h3-8,13-18H,1-2H3,(H,25,26)/t8-,13?,14?,15-,16+,17+,18-/m1/s1. The molecule has 2 saturated heterocycles. The van der Waals surface area contributed by atoms with Crippen LogP contribution in [0.25, 0.3) is 0 Å². The predicted molar refractivity (Wildman–Crippen MR) is 105 cm³/mol. The highest BCUT2D eigenvalue weighted by Crippen LogP contribution is 2.68. The maximum Gasteiger partial charge on any atom is 0.230 e. The van der Waals surface area contributed by atoms with E-state index in [1.165, 1.54) is 6.20 Å². The maximum absolute atomic E-state index is 13.3. The van der Waals surface area contributed by atoms with Gasteiger partial charge < -0.3 is 14.8 Å². The molecule has 1 aliphatic carbocycles. The zero-order chi connectivity index (χ0) is 19.6. The quantitative estimate of drug-likeness (QED) is 0.762. The van der Waals surface area contributed by atoms with Crippen LogP contribution in [0.5, 0.6) is 5.88 Å². The summed E-state index contributed by atoms with van der Waals surface area (Å²) in [4.78, 5) is 21.5. The Bertz CT molecular complexity index is 956. The smallest absolute Gasteiger partial charge is 0.230 e. The number of anilines is 1. The first-order valence-electron chi connectivity index (χ1n) is 9.27. The van der Waals surface area contributed by atoms with Gasteiger partial charge in [0, 0.05) is 18.2 Å². The zero-order valence-electron chi connectivity index (χ0n) is 15.3. The highest BCUT2D eigenvalue weighted by Gasteiger charge is 2.72. The topological polar surface area (TPSA) is 73.3 Å². The summed E-state index contributed by atoms with van der Waals surface area (Å²) in [5, 5.41) is 3.46. The second-order valence-electron chi connectivity index (χ2n) is 7.75. The van der Waals surface area contributed by atoms with E-state index in [1.807, 2.05) is 12.1 Å². The van der Waals surface area contributed by atoms with Crippen LogP contribution >= 0.6 is 23.2 Å². The number of nitrogens with zero attached hydrogens (tertiary/aromatic N) is 2. The third-order valence-electron chi connectivity index (χ3n) is 6.41. The normalized spacial score (nSPS) is 34.8. The van der Waals surface area contributed by atoms with Crippen LogP contribution in [0.3, 0.4) is 0 Å². The van der Waals surface area contributed by atoms with Crippen LogP contribution in [-0.2, 0) is 9.53 Å². The van der Waals surface area contributed by atoms with Crippen LogP contribution < -0.4 is 10.1 Å². The number of ether oxygens (including phenoxy) is 2. The minimum absolute atomic E-state index is 0.0381. The van der Waals surface area contributed by atoms with Gasteiger partial charge in [-0.2, -0.15) is 0 Å². The maximum atomic E-state index is 13.3. The van der Waals surface area contributed by atoms with Crippen LogP contribution in [0.2, 0.25) is 10.2 Å². The molecule has 28 heavy (non-hydrogen) atoms. The van der Waals surface area contributed by atoms with Crippen molar-refractivity contribution in [2.45, 2.75) is 25.0 Å². The average Bonchev–Trinajstić information content (AvgIpc) is 3.05. The van der Waals surface area contributed by atoms with Gasteiger partial charge in [0.1, 0.15) is 5.15 Å². The van der Waals surface area contributed by atoms with Crippen LogP contribution in [0.1, 0.15) is 18.4 Å². The van der Waals surface area contributed by atoms with Crippen molar-refractivity contribution in [1.29, 1.82) is 0 Å². The van der Waals surface area contributed by atoms with Crippen molar-refractivity contribution in [3.63, 3.8) is 0 Å². The third-order valence-corrected chi connectivity index (χ3v) is 7.09. The number of nitrogens with one attached hydrogen (secondary N) is 1. The minimum Gasteiger partial charge on any atom is -0.481 e. The lowest BCUT2D eigenvalue weighted by molar-refractivity contribution is -0.122. The number of fused-ring (bicyclic) bond motifs is 5. The summed E-state index contributed by atoms with van der Waals surface area (Å²) in [6.45, 7) is 2.24. The number of carbonyl (C=O) groups is 1. The van der Waals surface area contributed by atoms with Gasteiger partial charge in [0.15, 0.2) is 0 Å². The second-order valence-corrected chi connectivity index (χ2v) is 8.51. The number of hydrogen-bond acceptors (Lipinski definition) is 5. The van der Waals surface area contributed by atoms with Crippen LogP contribution in [0.4, 0.5) is 5.69 Å². The van der Waals surface area contributed by atoms with E-state index in [9.17, 15) is 4.79 Å². The van der Waals surface area contributed by atoms with Crippen molar-refractivity contribution in [3.05, 3.63) is 46.3 Å². The monoisotopic (exact) mass is 419 g/mol. The van der Waals surface area contributed by atoms with Gasteiger partial charge in [-0.15, -0.1) is 0 Å². The number of carbonyl (C=O) groups excluding carboxylic acids is 1. The molecule has 2 aromatic rings. The largest absolute Gasteiger partial charge is 0.481 e. The molecule has 0 radical (unpaired) electrons. The molecule has 1 saturated carbocycles. The van der Waals surface area contributed by atoms with E-state index in [2.05, 4.69) is 22.2 Å². The molecule has 0 spiro atoms. The van der Waals surface area contributed by atoms with E-state index in [4.69, 9.17) is 32.7 Å². The van der Waals surface area contributed by atoms with Crippen molar-refractivity contribution in [1.82, 2.24) is 9.97 Å². The van der Waals surface area contributed by atoms with E-state index in [1.54, 1.807) is 19.4 Å². The number of aromatic nitrogens is 2. The second kappa shape index (κ2) is 6.58. The van der Waals surface area contributed by atoms with Gasteiger partial charge >= 0.3 is 0 Å². The Balaban J connectivity index is 1.46. The number of amides is 1.